The van der Waals surface area contributed by atoms with E-state index in [-0.39, 0.29) is 34.6 Å². The first-order valence-electron chi connectivity index (χ1n) is 11.7. The first kappa shape index (κ1) is 29.9. The van der Waals surface area contributed by atoms with Gasteiger partial charge in [0.15, 0.2) is 10.8 Å². The monoisotopic (exact) mass is 616 g/mol. The van der Waals surface area contributed by atoms with Crippen molar-refractivity contribution in [1.29, 1.82) is 0 Å². The van der Waals surface area contributed by atoms with Crippen LogP contribution in [-0.4, -0.2) is 79.6 Å². The van der Waals surface area contributed by atoms with Gasteiger partial charge in [-0.05, 0) is 23.3 Å². The molecule has 3 amide bonds. The fourth-order valence-corrected chi connectivity index (χ4v) is 5.78. The zero-order valence-corrected chi connectivity index (χ0v) is 22.9. The Bertz CT molecular complexity index is 1520. The van der Waals surface area contributed by atoms with Crippen molar-refractivity contribution >= 4 is 69.8 Å². The quantitative estimate of drug-likeness (QED) is 0.0717. The number of nitrogens with zero attached hydrogens (tertiary/aromatic N) is 4. The molecule has 0 bridgehead atoms. The molecule has 1 unspecified atom stereocenters. The van der Waals surface area contributed by atoms with Crippen LogP contribution >= 0.6 is 23.1 Å². The van der Waals surface area contributed by atoms with Gasteiger partial charge in [0.1, 0.15) is 29.4 Å². The molecular weight excluding hydrogens is 596 g/mol. The number of nitro groups is 1. The first-order valence-corrected chi connectivity index (χ1v) is 13.7. The number of aromatic nitrogens is 1. The third kappa shape index (κ3) is 6.44. The standard InChI is InChI=1S/C24H20N6O10S2/c1-2-13-9-41-22-18(21(34)29(22)19(13)23(35)36)27-20(33)17(15-10-42-24(26-15)25-11-31)28-40-8-16(32)39-7-12-3-5-14(6-4-12)30(37)38/h2-6,10-11,18,22H,1,7-9H2,(H,27,33)(H,35,36)(H,25,26,31)/t18?,22-/m0/s1. The Morgan fingerprint density at radius 3 is 2.69 bits per heavy atom. The Balaban J connectivity index is 1.43. The van der Waals surface area contributed by atoms with Crippen molar-refractivity contribution in [2.75, 3.05) is 17.7 Å². The van der Waals surface area contributed by atoms with Crippen LogP contribution in [-0.2, 0) is 40.2 Å². The summed E-state index contributed by atoms with van der Waals surface area (Å²) in [7, 11) is 0. The van der Waals surface area contributed by atoms with E-state index in [1.807, 2.05) is 0 Å². The number of fused-ring (bicyclic) bond motifs is 1. The molecule has 1 aromatic carbocycles. The van der Waals surface area contributed by atoms with Gasteiger partial charge >= 0.3 is 11.9 Å². The summed E-state index contributed by atoms with van der Waals surface area (Å²) >= 11 is 2.20. The third-order valence-corrected chi connectivity index (χ3v) is 7.84. The highest BCUT2D eigenvalue weighted by atomic mass is 32.2. The van der Waals surface area contributed by atoms with Crippen molar-refractivity contribution in [2.45, 2.75) is 18.0 Å². The van der Waals surface area contributed by atoms with Gasteiger partial charge in [0, 0.05) is 23.3 Å². The molecule has 3 heterocycles. The zero-order chi connectivity index (χ0) is 30.4. The van der Waals surface area contributed by atoms with Crippen LogP contribution in [0.1, 0.15) is 11.3 Å². The number of amides is 3. The number of carbonyl (C=O) groups excluding carboxylic acids is 4. The molecule has 0 spiro atoms. The summed E-state index contributed by atoms with van der Waals surface area (Å²) in [5, 5.41) is 29.7. The molecule has 0 aliphatic carbocycles. The Labute approximate surface area is 244 Å². The van der Waals surface area contributed by atoms with Crippen LogP contribution in [0.2, 0.25) is 0 Å². The van der Waals surface area contributed by atoms with Crippen LogP contribution in [0.5, 0.6) is 0 Å². The number of carbonyl (C=O) groups is 5. The minimum atomic E-state index is -1.30. The van der Waals surface area contributed by atoms with Gasteiger partial charge < -0.3 is 25.3 Å². The second-order valence-corrected chi connectivity index (χ2v) is 10.3. The first-order chi connectivity index (χ1) is 20.1. The number of allylic oxidation sites excluding steroid dienone is 1. The van der Waals surface area contributed by atoms with Gasteiger partial charge in [-0.1, -0.05) is 17.8 Å². The summed E-state index contributed by atoms with van der Waals surface area (Å²) in [6.07, 6.45) is 1.74. The normalized spacial score (nSPS) is 17.9. The van der Waals surface area contributed by atoms with E-state index in [4.69, 9.17) is 9.57 Å². The Morgan fingerprint density at radius 1 is 1.31 bits per heavy atom. The van der Waals surface area contributed by atoms with Crippen LogP contribution in [0.4, 0.5) is 10.8 Å². The van der Waals surface area contributed by atoms with E-state index in [9.17, 15) is 39.2 Å². The summed E-state index contributed by atoms with van der Waals surface area (Å²) in [6, 6.07) is 4.25. The maximum Gasteiger partial charge on any atom is 0.352 e. The van der Waals surface area contributed by atoms with E-state index in [0.29, 0.717) is 17.5 Å². The number of anilines is 1. The molecule has 218 valence electrons. The van der Waals surface area contributed by atoms with E-state index >= 15 is 0 Å². The number of carboxylic acids is 1. The highest BCUT2D eigenvalue weighted by Gasteiger charge is 2.54. The number of thioether (sulfide) groups is 1. The summed E-state index contributed by atoms with van der Waals surface area (Å²) in [6.45, 7) is 2.65. The number of rotatable bonds is 13. The number of ether oxygens (including phenoxy) is 1. The molecule has 18 heteroatoms. The number of esters is 1. The summed E-state index contributed by atoms with van der Waals surface area (Å²) in [5.41, 5.74) is 0.0487. The minimum absolute atomic E-state index is 0.0407. The summed E-state index contributed by atoms with van der Waals surface area (Å²) in [4.78, 5) is 81.0. The van der Waals surface area contributed by atoms with E-state index in [2.05, 4.69) is 27.4 Å². The van der Waals surface area contributed by atoms with Gasteiger partial charge in [0.2, 0.25) is 13.0 Å². The van der Waals surface area contributed by atoms with Crippen molar-refractivity contribution in [2.24, 2.45) is 5.16 Å². The third-order valence-electron chi connectivity index (χ3n) is 5.76. The average Bonchev–Trinajstić information content (AvgIpc) is 3.44. The Hall–Kier alpha value is -5.10. The second kappa shape index (κ2) is 13.0. The van der Waals surface area contributed by atoms with Crippen LogP contribution < -0.4 is 10.6 Å². The van der Waals surface area contributed by atoms with Crippen LogP contribution in [0.3, 0.4) is 0 Å². The minimum Gasteiger partial charge on any atom is -0.477 e. The fourth-order valence-electron chi connectivity index (χ4n) is 3.78. The molecule has 2 aromatic rings. The molecule has 2 atom stereocenters. The number of oxime groups is 1. The number of nitrogens with one attached hydrogen (secondary N) is 2. The summed E-state index contributed by atoms with van der Waals surface area (Å²) < 4.78 is 5.05. The van der Waals surface area contributed by atoms with E-state index in [1.165, 1.54) is 47.5 Å². The Kier molecular flexibility index (Phi) is 9.28. The molecule has 2 aliphatic rings. The molecule has 1 fully saturated rings. The number of aliphatic carboxylic acids is 1. The SMILES string of the molecule is C=CC1=C(C(=O)O)N2C(=O)C(NC(=O)C(=NOCC(=O)OCc3ccc([N+](=O)[O-])cc3)c3csc(NC=O)n3)[C@@H]2SC1. The summed E-state index contributed by atoms with van der Waals surface area (Å²) in [5.74, 6) is -3.49. The highest BCUT2D eigenvalue weighted by Crippen LogP contribution is 2.40. The van der Waals surface area contributed by atoms with Gasteiger partial charge in [0.05, 0.1) is 4.92 Å². The zero-order valence-electron chi connectivity index (χ0n) is 21.3. The number of thiazole rings is 1. The molecule has 0 saturated carbocycles. The van der Waals surface area contributed by atoms with Crippen molar-refractivity contribution in [1.82, 2.24) is 15.2 Å². The number of hydrogen-bond acceptors (Lipinski definition) is 13. The van der Waals surface area contributed by atoms with Crippen molar-refractivity contribution in [3.05, 3.63) is 74.9 Å². The smallest absolute Gasteiger partial charge is 0.352 e. The lowest BCUT2D eigenvalue weighted by Gasteiger charge is -2.49. The predicted molar refractivity (Wildman–Crippen MR) is 147 cm³/mol. The molecule has 42 heavy (non-hydrogen) atoms. The van der Waals surface area contributed by atoms with Crippen molar-refractivity contribution in [3.63, 3.8) is 0 Å². The number of β-lactam (4-membered cyclic amide) rings is 1. The van der Waals surface area contributed by atoms with Gasteiger partial charge in [-0.25, -0.2) is 14.6 Å². The second-order valence-electron chi connectivity index (χ2n) is 8.34. The van der Waals surface area contributed by atoms with Gasteiger partial charge in [-0.3, -0.25) is 29.4 Å². The highest BCUT2D eigenvalue weighted by molar-refractivity contribution is 8.00. The van der Waals surface area contributed by atoms with E-state index in [0.717, 1.165) is 16.2 Å². The molecule has 1 saturated heterocycles. The average molecular weight is 617 g/mol. The molecule has 4 rings (SSSR count). The Morgan fingerprint density at radius 2 is 2.05 bits per heavy atom. The largest absolute Gasteiger partial charge is 0.477 e. The lowest BCUT2D eigenvalue weighted by atomic mass is 10.0. The number of carboxylic acid groups (broad SMARTS) is 1. The lowest BCUT2D eigenvalue weighted by molar-refractivity contribution is -0.384. The van der Waals surface area contributed by atoms with Crippen molar-refractivity contribution < 1.29 is 43.6 Å². The maximum atomic E-state index is 13.2. The van der Waals surface area contributed by atoms with Crippen molar-refractivity contribution in [3.8, 4) is 0 Å². The molecule has 16 nitrogen and oxygen atoms in total. The topological polar surface area (TPSA) is 220 Å². The number of nitro benzene ring substituents is 1. The van der Waals surface area contributed by atoms with E-state index < -0.39 is 52.4 Å². The lowest BCUT2D eigenvalue weighted by Crippen LogP contribution is -2.71. The number of benzene rings is 1. The molecular formula is C24H20N6O10S2. The van der Waals surface area contributed by atoms with Gasteiger partial charge in [-0.2, -0.15) is 0 Å². The van der Waals surface area contributed by atoms with Crippen LogP contribution in [0, 0.1) is 10.1 Å². The maximum absolute atomic E-state index is 13.2. The number of hydrogen-bond donors (Lipinski definition) is 3. The molecule has 2 aliphatic heterocycles. The molecule has 0 radical (unpaired) electrons. The fraction of sp³-hybridized carbons (Fsp3) is 0.208. The predicted octanol–water partition coefficient (Wildman–Crippen LogP) is 1.01. The molecule has 3 N–H and O–H groups in total. The number of non-ortho nitro benzene ring substituents is 1. The molecule has 1 aromatic heterocycles. The van der Waals surface area contributed by atoms with Crippen LogP contribution in [0.25, 0.3) is 0 Å². The van der Waals surface area contributed by atoms with Gasteiger partial charge in [0.25, 0.3) is 17.5 Å². The van der Waals surface area contributed by atoms with E-state index in [1.54, 1.807) is 0 Å². The van der Waals surface area contributed by atoms with Crippen LogP contribution in [0.15, 0.2) is 58.7 Å². The van der Waals surface area contributed by atoms with Gasteiger partial charge in [-0.15, -0.1) is 23.1 Å².